The van der Waals surface area contributed by atoms with Gasteiger partial charge < -0.3 is 10.3 Å². The van der Waals surface area contributed by atoms with Crippen LogP contribution in [0.2, 0.25) is 0 Å². The van der Waals surface area contributed by atoms with Crippen molar-refractivity contribution in [3.05, 3.63) is 52.0 Å². The Morgan fingerprint density at radius 3 is 2.67 bits per heavy atom. The zero-order valence-corrected chi connectivity index (χ0v) is 10.7. The number of anilines is 1. The van der Waals surface area contributed by atoms with Gasteiger partial charge in [-0.05, 0) is 23.6 Å². The number of pyridine rings is 1. The van der Waals surface area contributed by atoms with Gasteiger partial charge in [-0.3, -0.25) is 4.79 Å². The normalized spacial score (nSPS) is 10.9. The Labute approximate surface area is 108 Å². The van der Waals surface area contributed by atoms with Crippen LogP contribution in [0.4, 0.5) is 5.82 Å². The van der Waals surface area contributed by atoms with Gasteiger partial charge in [-0.1, -0.05) is 18.2 Å². The fourth-order valence-corrected chi connectivity index (χ4v) is 2.94. The van der Waals surface area contributed by atoms with Crippen molar-refractivity contribution in [2.24, 2.45) is 7.05 Å². The Hall–Kier alpha value is -2.07. The third-order valence-electron chi connectivity index (χ3n) is 3.12. The van der Waals surface area contributed by atoms with Gasteiger partial charge in [-0.15, -0.1) is 11.3 Å². The van der Waals surface area contributed by atoms with Gasteiger partial charge in [-0.25, -0.2) is 0 Å². The fourth-order valence-electron chi connectivity index (χ4n) is 2.17. The highest BCUT2D eigenvalue weighted by Crippen LogP contribution is 2.28. The molecule has 0 amide bonds. The van der Waals surface area contributed by atoms with E-state index in [1.54, 1.807) is 0 Å². The van der Waals surface area contributed by atoms with Crippen LogP contribution in [0.5, 0.6) is 0 Å². The van der Waals surface area contributed by atoms with Crippen LogP contribution in [0.15, 0.2) is 46.6 Å². The second kappa shape index (κ2) is 3.99. The van der Waals surface area contributed by atoms with Gasteiger partial charge in [0.15, 0.2) is 5.43 Å². The summed E-state index contributed by atoms with van der Waals surface area (Å²) in [5, 5.41) is 2.65. The molecule has 18 heavy (non-hydrogen) atoms. The lowest BCUT2D eigenvalue weighted by molar-refractivity contribution is 0.968. The minimum absolute atomic E-state index is 0.00338. The molecule has 2 heterocycles. The Morgan fingerprint density at radius 2 is 1.94 bits per heavy atom. The predicted molar refractivity (Wildman–Crippen MR) is 76.9 cm³/mol. The van der Waals surface area contributed by atoms with E-state index in [-0.39, 0.29) is 5.43 Å². The molecule has 0 radical (unpaired) electrons. The lowest BCUT2D eigenvalue weighted by Gasteiger charge is -2.12. The van der Waals surface area contributed by atoms with Crippen molar-refractivity contribution < 1.29 is 0 Å². The van der Waals surface area contributed by atoms with Crippen molar-refractivity contribution >= 4 is 28.1 Å². The van der Waals surface area contributed by atoms with Gasteiger partial charge in [0.1, 0.15) is 5.82 Å². The van der Waals surface area contributed by atoms with E-state index in [9.17, 15) is 4.79 Å². The third kappa shape index (κ3) is 1.46. The number of hydrogen-bond acceptors (Lipinski definition) is 3. The lowest BCUT2D eigenvalue weighted by Crippen LogP contribution is -2.15. The van der Waals surface area contributed by atoms with Crippen LogP contribution in [0.25, 0.3) is 21.3 Å². The standard InChI is InChI=1S/C14H12N2OS/c1-16-10-6-3-2-5-9(10)13(17)12(14(16)15)11-7-4-8-18-11/h2-8H,15H2,1H3. The molecule has 2 N–H and O–H groups in total. The molecule has 0 atom stereocenters. The molecule has 0 saturated carbocycles. The molecule has 2 aromatic heterocycles. The molecule has 3 nitrogen and oxygen atoms in total. The summed E-state index contributed by atoms with van der Waals surface area (Å²) in [4.78, 5) is 13.4. The number of thiophene rings is 1. The summed E-state index contributed by atoms with van der Waals surface area (Å²) in [6, 6.07) is 11.4. The highest BCUT2D eigenvalue weighted by Gasteiger charge is 2.14. The molecule has 1 aromatic carbocycles. The predicted octanol–water partition coefficient (Wildman–Crippen LogP) is 2.85. The monoisotopic (exact) mass is 256 g/mol. The summed E-state index contributed by atoms with van der Waals surface area (Å²) in [6.45, 7) is 0. The minimum atomic E-state index is 0.00338. The number of aryl methyl sites for hydroxylation is 1. The maximum Gasteiger partial charge on any atom is 0.200 e. The van der Waals surface area contributed by atoms with Gasteiger partial charge in [0, 0.05) is 17.3 Å². The summed E-state index contributed by atoms with van der Waals surface area (Å²) in [6.07, 6.45) is 0. The summed E-state index contributed by atoms with van der Waals surface area (Å²) < 4.78 is 1.87. The number of nitrogens with two attached hydrogens (primary N) is 1. The van der Waals surface area contributed by atoms with Gasteiger partial charge in [0.05, 0.1) is 11.1 Å². The second-order valence-electron chi connectivity index (χ2n) is 4.14. The van der Waals surface area contributed by atoms with E-state index >= 15 is 0 Å². The van der Waals surface area contributed by atoms with Crippen molar-refractivity contribution in [1.82, 2.24) is 4.57 Å². The van der Waals surface area contributed by atoms with Gasteiger partial charge in [-0.2, -0.15) is 0 Å². The summed E-state index contributed by atoms with van der Waals surface area (Å²) >= 11 is 1.53. The first-order valence-electron chi connectivity index (χ1n) is 5.61. The van der Waals surface area contributed by atoms with Crippen LogP contribution < -0.4 is 11.2 Å². The molecule has 0 aliphatic rings. The van der Waals surface area contributed by atoms with Crippen LogP contribution in [-0.2, 0) is 7.05 Å². The number of nitrogens with zero attached hydrogens (tertiary/aromatic N) is 1. The molecule has 3 aromatic rings. The molecule has 0 aliphatic heterocycles. The van der Waals surface area contributed by atoms with E-state index in [0.29, 0.717) is 16.8 Å². The maximum absolute atomic E-state index is 12.5. The molecule has 0 spiro atoms. The molecule has 0 aliphatic carbocycles. The number of benzene rings is 1. The Kier molecular flexibility index (Phi) is 2.45. The molecule has 0 unspecified atom stereocenters. The average Bonchev–Trinajstić information content (AvgIpc) is 2.90. The smallest absolute Gasteiger partial charge is 0.200 e. The number of aromatic nitrogens is 1. The van der Waals surface area contributed by atoms with E-state index in [1.165, 1.54) is 11.3 Å². The van der Waals surface area contributed by atoms with Crippen LogP contribution in [0, 0.1) is 0 Å². The summed E-state index contributed by atoms with van der Waals surface area (Å²) in [5.74, 6) is 0.515. The molecule has 0 fully saturated rings. The molecule has 0 bridgehead atoms. The first kappa shape index (κ1) is 11.0. The van der Waals surface area contributed by atoms with Gasteiger partial charge >= 0.3 is 0 Å². The maximum atomic E-state index is 12.5. The number of rotatable bonds is 1. The quantitative estimate of drug-likeness (QED) is 0.727. The van der Waals surface area contributed by atoms with E-state index in [2.05, 4.69) is 0 Å². The Balaban J connectivity index is 2.51. The van der Waals surface area contributed by atoms with Crippen molar-refractivity contribution in [3.8, 4) is 10.4 Å². The van der Waals surface area contributed by atoms with Crippen molar-refractivity contribution in [1.29, 1.82) is 0 Å². The van der Waals surface area contributed by atoms with E-state index in [1.807, 2.05) is 53.4 Å². The first-order valence-corrected chi connectivity index (χ1v) is 6.49. The number of hydrogen-bond donors (Lipinski definition) is 1. The number of nitrogen functional groups attached to an aromatic ring is 1. The Morgan fingerprint density at radius 1 is 1.17 bits per heavy atom. The Bertz CT molecular complexity index is 772. The number of fused-ring (bicyclic) bond motifs is 1. The van der Waals surface area contributed by atoms with Crippen molar-refractivity contribution in [2.45, 2.75) is 0 Å². The molecule has 4 heteroatoms. The number of para-hydroxylation sites is 1. The van der Waals surface area contributed by atoms with Crippen molar-refractivity contribution in [3.63, 3.8) is 0 Å². The molecular formula is C14H12N2OS. The van der Waals surface area contributed by atoms with E-state index in [0.717, 1.165) is 10.4 Å². The topological polar surface area (TPSA) is 48.0 Å². The fraction of sp³-hybridized carbons (Fsp3) is 0.0714. The zero-order valence-electron chi connectivity index (χ0n) is 9.88. The van der Waals surface area contributed by atoms with Gasteiger partial charge in [0.25, 0.3) is 0 Å². The van der Waals surface area contributed by atoms with Crippen molar-refractivity contribution in [2.75, 3.05) is 5.73 Å². The van der Waals surface area contributed by atoms with Gasteiger partial charge in [0.2, 0.25) is 0 Å². The first-order chi connectivity index (χ1) is 8.70. The molecule has 0 saturated heterocycles. The average molecular weight is 256 g/mol. The SMILES string of the molecule is Cn1c(N)c(-c2cccs2)c(=O)c2ccccc21. The highest BCUT2D eigenvalue weighted by atomic mass is 32.1. The minimum Gasteiger partial charge on any atom is -0.384 e. The molecule has 90 valence electrons. The van der Waals surface area contributed by atoms with E-state index in [4.69, 9.17) is 5.73 Å². The zero-order chi connectivity index (χ0) is 12.7. The summed E-state index contributed by atoms with van der Waals surface area (Å²) in [7, 11) is 1.88. The largest absolute Gasteiger partial charge is 0.384 e. The molecule has 3 rings (SSSR count). The highest BCUT2D eigenvalue weighted by molar-refractivity contribution is 7.13. The van der Waals surface area contributed by atoms with Crippen LogP contribution in [-0.4, -0.2) is 4.57 Å². The van der Waals surface area contributed by atoms with E-state index < -0.39 is 0 Å². The second-order valence-corrected chi connectivity index (χ2v) is 5.09. The van der Waals surface area contributed by atoms with Crippen LogP contribution in [0.1, 0.15) is 0 Å². The lowest BCUT2D eigenvalue weighted by atomic mass is 10.1. The molecular weight excluding hydrogens is 244 g/mol. The van der Waals surface area contributed by atoms with Crippen LogP contribution >= 0.6 is 11.3 Å². The third-order valence-corrected chi connectivity index (χ3v) is 4.01. The van der Waals surface area contributed by atoms with Crippen LogP contribution in [0.3, 0.4) is 0 Å². The summed E-state index contributed by atoms with van der Waals surface area (Å²) in [5.41, 5.74) is 7.58.